The third-order valence-electron chi connectivity index (χ3n) is 2.62. The molecule has 2 N–H and O–H groups in total. The predicted molar refractivity (Wildman–Crippen MR) is 81.5 cm³/mol. The number of alkyl halides is 1. The Morgan fingerprint density at radius 1 is 1.00 bits per heavy atom. The van der Waals surface area contributed by atoms with E-state index in [1.165, 1.54) is 12.1 Å². The minimum atomic E-state index is -0.587. The van der Waals surface area contributed by atoms with Gasteiger partial charge in [0.05, 0.1) is 0 Å². The Bertz CT molecular complexity index is 662. The fraction of sp³-hybridized carbons (Fsp3) is 0.0625. The van der Waals surface area contributed by atoms with Crippen LogP contribution in [0, 0.1) is 0 Å². The molecule has 0 bridgehead atoms. The molecule has 0 fully saturated rings. The number of hydrogen-bond donors (Lipinski definition) is 2. The standard InChI is InChI=1S/C16H13ClO4/c17-10-16(20)21-15-8-12(7-14(19)9-15)2-1-11-3-5-13(18)6-4-11/h1-9,18-19H,10H2/b2-1+. The van der Waals surface area contributed by atoms with Gasteiger partial charge in [-0.05, 0) is 35.4 Å². The molecule has 21 heavy (non-hydrogen) atoms. The van der Waals surface area contributed by atoms with Gasteiger partial charge in [-0.15, -0.1) is 11.6 Å². The molecule has 0 aliphatic heterocycles. The molecule has 0 aliphatic rings. The van der Waals surface area contributed by atoms with E-state index in [1.807, 2.05) is 0 Å². The Morgan fingerprint density at radius 3 is 2.33 bits per heavy atom. The second-order valence-electron chi connectivity index (χ2n) is 4.29. The second-order valence-corrected chi connectivity index (χ2v) is 4.56. The van der Waals surface area contributed by atoms with E-state index in [0.717, 1.165) is 5.56 Å². The number of carbonyl (C=O) groups is 1. The zero-order chi connectivity index (χ0) is 15.2. The highest BCUT2D eigenvalue weighted by molar-refractivity contribution is 6.26. The van der Waals surface area contributed by atoms with Crippen molar-refractivity contribution in [3.05, 3.63) is 53.6 Å². The summed E-state index contributed by atoms with van der Waals surface area (Å²) in [7, 11) is 0. The smallest absolute Gasteiger partial charge is 0.326 e. The van der Waals surface area contributed by atoms with Crippen LogP contribution in [0.3, 0.4) is 0 Å². The van der Waals surface area contributed by atoms with Crippen molar-refractivity contribution in [2.45, 2.75) is 0 Å². The van der Waals surface area contributed by atoms with Crippen molar-refractivity contribution >= 4 is 29.7 Å². The van der Waals surface area contributed by atoms with E-state index in [-0.39, 0.29) is 23.1 Å². The van der Waals surface area contributed by atoms with Gasteiger partial charge in [-0.1, -0.05) is 24.3 Å². The highest BCUT2D eigenvalue weighted by atomic mass is 35.5. The number of esters is 1. The molecule has 108 valence electrons. The molecule has 2 aromatic carbocycles. The van der Waals surface area contributed by atoms with Crippen LogP contribution in [0.15, 0.2) is 42.5 Å². The van der Waals surface area contributed by atoms with Gasteiger partial charge in [0.15, 0.2) is 0 Å². The van der Waals surface area contributed by atoms with Gasteiger partial charge in [-0.3, -0.25) is 4.79 Å². The van der Waals surface area contributed by atoms with E-state index in [0.29, 0.717) is 5.56 Å². The van der Waals surface area contributed by atoms with Gasteiger partial charge in [-0.25, -0.2) is 0 Å². The molecule has 0 atom stereocenters. The topological polar surface area (TPSA) is 66.8 Å². The molecule has 2 rings (SSSR count). The SMILES string of the molecule is O=C(CCl)Oc1cc(O)cc(/C=C/c2ccc(O)cc2)c1. The third-order valence-corrected chi connectivity index (χ3v) is 2.83. The highest BCUT2D eigenvalue weighted by Gasteiger charge is 2.05. The quantitative estimate of drug-likeness (QED) is 0.393. The Balaban J connectivity index is 2.19. The van der Waals surface area contributed by atoms with Gasteiger partial charge in [-0.2, -0.15) is 0 Å². The summed E-state index contributed by atoms with van der Waals surface area (Å²) in [6.07, 6.45) is 3.56. The molecule has 0 radical (unpaired) electrons. The molecule has 2 aromatic rings. The van der Waals surface area contributed by atoms with Crippen LogP contribution in [0.4, 0.5) is 0 Å². The average molecular weight is 305 g/mol. The van der Waals surface area contributed by atoms with Gasteiger partial charge in [0.1, 0.15) is 23.1 Å². The third kappa shape index (κ3) is 4.54. The van der Waals surface area contributed by atoms with Crippen LogP contribution in [-0.4, -0.2) is 22.1 Å². The Hall–Kier alpha value is -2.46. The van der Waals surface area contributed by atoms with Crippen LogP contribution in [0.25, 0.3) is 12.2 Å². The molecule has 0 heterocycles. The summed E-state index contributed by atoms with van der Waals surface area (Å²) >= 11 is 5.36. The number of benzene rings is 2. The van der Waals surface area contributed by atoms with Crippen molar-refractivity contribution < 1.29 is 19.7 Å². The van der Waals surface area contributed by atoms with Crippen LogP contribution in [0.1, 0.15) is 11.1 Å². The zero-order valence-electron chi connectivity index (χ0n) is 11.0. The molecule has 0 saturated heterocycles. The lowest BCUT2D eigenvalue weighted by Crippen LogP contribution is -2.08. The van der Waals surface area contributed by atoms with Gasteiger partial charge in [0, 0.05) is 6.07 Å². The summed E-state index contributed by atoms with van der Waals surface area (Å²) in [4.78, 5) is 11.1. The molecule has 5 heteroatoms. The van der Waals surface area contributed by atoms with Crippen molar-refractivity contribution in [1.29, 1.82) is 0 Å². The minimum absolute atomic E-state index is 0.0137. The lowest BCUT2D eigenvalue weighted by Gasteiger charge is -2.04. The van der Waals surface area contributed by atoms with Gasteiger partial charge in [0.2, 0.25) is 0 Å². The Labute approximate surface area is 126 Å². The number of phenols is 2. The van der Waals surface area contributed by atoms with E-state index in [4.69, 9.17) is 16.3 Å². The lowest BCUT2D eigenvalue weighted by molar-refractivity contribution is -0.131. The number of phenolic OH excluding ortho intramolecular Hbond substituents is 2. The van der Waals surface area contributed by atoms with Crippen molar-refractivity contribution in [3.8, 4) is 17.2 Å². The molecule has 4 nitrogen and oxygen atoms in total. The highest BCUT2D eigenvalue weighted by Crippen LogP contribution is 2.23. The summed E-state index contributed by atoms with van der Waals surface area (Å²) in [5.74, 6) is -0.435. The maximum Gasteiger partial charge on any atom is 0.326 e. The van der Waals surface area contributed by atoms with Crippen molar-refractivity contribution in [2.24, 2.45) is 0 Å². The number of carbonyl (C=O) groups excluding carboxylic acids is 1. The molecular formula is C16H13ClO4. The van der Waals surface area contributed by atoms with Crippen LogP contribution in [0.2, 0.25) is 0 Å². The van der Waals surface area contributed by atoms with E-state index < -0.39 is 5.97 Å². The fourth-order valence-electron chi connectivity index (χ4n) is 1.70. The number of rotatable bonds is 4. The lowest BCUT2D eigenvalue weighted by atomic mass is 10.1. The van der Waals surface area contributed by atoms with Crippen LogP contribution in [0.5, 0.6) is 17.2 Å². The molecule has 0 spiro atoms. The van der Waals surface area contributed by atoms with Crippen LogP contribution >= 0.6 is 11.6 Å². The van der Waals surface area contributed by atoms with Crippen molar-refractivity contribution in [1.82, 2.24) is 0 Å². The summed E-state index contributed by atoms with van der Waals surface area (Å²) in [6.45, 7) is 0. The number of halogens is 1. The minimum Gasteiger partial charge on any atom is -0.508 e. The molecule has 0 unspecified atom stereocenters. The Kier molecular flexibility index (Phi) is 4.85. The Morgan fingerprint density at radius 2 is 1.67 bits per heavy atom. The van der Waals surface area contributed by atoms with Gasteiger partial charge in [0.25, 0.3) is 0 Å². The molecule has 0 amide bonds. The van der Waals surface area contributed by atoms with E-state index in [9.17, 15) is 15.0 Å². The number of hydrogen-bond acceptors (Lipinski definition) is 4. The predicted octanol–water partition coefficient (Wildman–Crippen LogP) is 3.41. The van der Waals surface area contributed by atoms with E-state index >= 15 is 0 Å². The monoisotopic (exact) mass is 304 g/mol. The van der Waals surface area contributed by atoms with Gasteiger partial charge >= 0.3 is 5.97 Å². The first-order chi connectivity index (χ1) is 10.1. The first-order valence-corrected chi connectivity index (χ1v) is 6.68. The van der Waals surface area contributed by atoms with Crippen LogP contribution in [-0.2, 0) is 4.79 Å². The average Bonchev–Trinajstić information content (AvgIpc) is 2.46. The fourth-order valence-corrected chi connectivity index (χ4v) is 1.75. The first kappa shape index (κ1) is 14.9. The van der Waals surface area contributed by atoms with Crippen molar-refractivity contribution in [2.75, 3.05) is 5.88 Å². The number of ether oxygens (including phenoxy) is 1. The first-order valence-electron chi connectivity index (χ1n) is 6.14. The summed E-state index contributed by atoms with van der Waals surface area (Å²) in [5, 5.41) is 18.8. The molecule has 0 saturated carbocycles. The number of aromatic hydroxyl groups is 2. The molecule has 0 aromatic heterocycles. The van der Waals surface area contributed by atoms with E-state index in [2.05, 4.69) is 0 Å². The van der Waals surface area contributed by atoms with Crippen molar-refractivity contribution in [3.63, 3.8) is 0 Å². The molecule has 0 aliphatic carbocycles. The maximum absolute atomic E-state index is 11.1. The second kappa shape index (κ2) is 6.81. The molecular weight excluding hydrogens is 292 g/mol. The zero-order valence-corrected chi connectivity index (χ0v) is 11.7. The largest absolute Gasteiger partial charge is 0.508 e. The van der Waals surface area contributed by atoms with Crippen LogP contribution < -0.4 is 4.74 Å². The van der Waals surface area contributed by atoms with Gasteiger partial charge < -0.3 is 14.9 Å². The summed E-state index contributed by atoms with van der Waals surface area (Å²) < 4.78 is 4.95. The normalized spacial score (nSPS) is 10.7. The summed E-state index contributed by atoms with van der Waals surface area (Å²) in [6, 6.07) is 11.1. The summed E-state index contributed by atoms with van der Waals surface area (Å²) in [5.41, 5.74) is 1.55. The maximum atomic E-state index is 11.1. The van der Waals surface area contributed by atoms with E-state index in [1.54, 1.807) is 42.5 Å².